The van der Waals surface area contributed by atoms with Gasteiger partial charge in [0.2, 0.25) is 5.91 Å². The molecule has 4 rings (SSSR count). The fourth-order valence-electron chi connectivity index (χ4n) is 4.83. The SMILES string of the molecule is C[C@@H](NC(=O)CCn1cnc2ccccc2c1=O)[C@H]1C[C@H]2CC[C@H]1C2. The summed E-state index contributed by atoms with van der Waals surface area (Å²) in [7, 11) is 0. The second kappa shape index (κ2) is 6.62. The molecule has 1 aromatic heterocycles. The number of carbonyl (C=O) groups excluding carboxylic acids is 1. The van der Waals surface area contributed by atoms with Gasteiger partial charge in [-0.2, -0.15) is 0 Å². The maximum atomic E-state index is 12.5. The molecule has 5 nitrogen and oxygen atoms in total. The molecule has 2 aliphatic rings. The lowest BCUT2D eigenvalue weighted by atomic mass is 9.84. The summed E-state index contributed by atoms with van der Waals surface area (Å²) >= 11 is 0. The molecule has 0 unspecified atom stereocenters. The van der Waals surface area contributed by atoms with Gasteiger partial charge in [-0.15, -0.1) is 0 Å². The number of aryl methyl sites for hydroxylation is 1. The van der Waals surface area contributed by atoms with E-state index in [9.17, 15) is 9.59 Å². The molecule has 5 heteroatoms. The second-order valence-corrected chi connectivity index (χ2v) is 7.71. The molecule has 0 spiro atoms. The number of rotatable bonds is 5. The second-order valence-electron chi connectivity index (χ2n) is 7.71. The van der Waals surface area contributed by atoms with Gasteiger partial charge < -0.3 is 5.32 Å². The molecule has 132 valence electrons. The molecule has 1 heterocycles. The van der Waals surface area contributed by atoms with Crippen LogP contribution in [-0.2, 0) is 11.3 Å². The summed E-state index contributed by atoms with van der Waals surface area (Å²) in [6.45, 7) is 2.50. The first kappa shape index (κ1) is 16.3. The van der Waals surface area contributed by atoms with E-state index in [0.29, 0.717) is 29.8 Å². The van der Waals surface area contributed by atoms with Crippen molar-refractivity contribution < 1.29 is 4.79 Å². The van der Waals surface area contributed by atoms with Crippen LogP contribution >= 0.6 is 0 Å². The van der Waals surface area contributed by atoms with E-state index >= 15 is 0 Å². The number of hydrogen-bond acceptors (Lipinski definition) is 3. The lowest BCUT2D eigenvalue weighted by molar-refractivity contribution is -0.122. The van der Waals surface area contributed by atoms with Crippen LogP contribution in [0.4, 0.5) is 0 Å². The summed E-state index contributed by atoms with van der Waals surface area (Å²) in [6.07, 6.45) is 7.17. The molecule has 1 N–H and O–H groups in total. The van der Waals surface area contributed by atoms with E-state index in [0.717, 1.165) is 11.8 Å². The molecule has 0 saturated heterocycles. The zero-order chi connectivity index (χ0) is 17.4. The molecule has 0 radical (unpaired) electrons. The van der Waals surface area contributed by atoms with Crippen LogP contribution in [0.5, 0.6) is 0 Å². The highest BCUT2D eigenvalue weighted by atomic mass is 16.2. The standard InChI is InChI=1S/C20H25N3O2/c1-13(17-11-14-6-7-15(17)10-14)22-19(24)8-9-23-12-21-18-5-3-2-4-16(18)20(23)25/h2-5,12-15,17H,6-11H2,1H3,(H,22,24)/t13-,14+,15+,17-/m1/s1. The number of benzene rings is 1. The summed E-state index contributed by atoms with van der Waals surface area (Å²) in [5.41, 5.74) is 0.609. The van der Waals surface area contributed by atoms with E-state index in [1.165, 1.54) is 36.6 Å². The smallest absolute Gasteiger partial charge is 0.261 e. The van der Waals surface area contributed by atoms with Gasteiger partial charge in [-0.3, -0.25) is 14.2 Å². The van der Waals surface area contributed by atoms with Gasteiger partial charge in [-0.25, -0.2) is 4.98 Å². The van der Waals surface area contributed by atoms with Crippen molar-refractivity contribution >= 4 is 16.8 Å². The number of amides is 1. The third kappa shape index (κ3) is 3.20. The fourth-order valence-corrected chi connectivity index (χ4v) is 4.83. The number of aromatic nitrogens is 2. The van der Waals surface area contributed by atoms with Crippen LogP contribution in [0.3, 0.4) is 0 Å². The molecule has 25 heavy (non-hydrogen) atoms. The minimum absolute atomic E-state index is 0.0235. The third-order valence-corrected chi connectivity index (χ3v) is 6.13. The Kier molecular flexibility index (Phi) is 4.32. The number of hydrogen-bond donors (Lipinski definition) is 1. The van der Waals surface area contributed by atoms with Crippen molar-refractivity contribution in [3.63, 3.8) is 0 Å². The van der Waals surface area contributed by atoms with Gasteiger partial charge in [0.15, 0.2) is 0 Å². The van der Waals surface area contributed by atoms with Crippen LogP contribution in [-0.4, -0.2) is 21.5 Å². The Labute approximate surface area is 147 Å². The monoisotopic (exact) mass is 339 g/mol. The highest BCUT2D eigenvalue weighted by Gasteiger charge is 2.42. The topological polar surface area (TPSA) is 64.0 Å². The van der Waals surface area contributed by atoms with E-state index in [2.05, 4.69) is 17.2 Å². The van der Waals surface area contributed by atoms with E-state index in [-0.39, 0.29) is 17.5 Å². The highest BCUT2D eigenvalue weighted by molar-refractivity contribution is 5.77. The molecule has 2 aromatic rings. The maximum absolute atomic E-state index is 12.5. The number of nitrogens with zero attached hydrogens (tertiary/aromatic N) is 2. The van der Waals surface area contributed by atoms with E-state index < -0.39 is 0 Å². The lowest BCUT2D eigenvalue weighted by Gasteiger charge is -2.28. The Bertz CT molecular complexity index is 844. The number of para-hydroxylation sites is 1. The summed E-state index contributed by atoms with van der Waals surface area (Å²) in [5.74, 6) is 2.34. The van der Waals surface area contributed by atoms with Gasteiger partial charge in [0.05, 0.1) is 17.2 Å². The summed E-state index contributed by atoms with van der Waals surface area (Å²) in [4.78, 5) is 29.1. The molecule has 2 saturated carbocycles. The average molecular weight is 339 g/mol. The Morgan fingerprint density at radius 3 is 2.92 bits per heavy atom. The highest BCUT2D eigenvalue weighted by Crippen LogP contribution is 2.49. The van der Waals surface area contributed by atoms with Crippen molar-refractivity contribution in [2.45, 2.75) is 51.6 Å². The molecular weight excluding hydrogens is 314 g/mol. The molecule has 0 aliphatic heterocycles. The quantitative estimate of drug-likeness (QED) is 0.911. The van der Waals surface area contributed by atoms with E-state index in [4.69, 9.17) is 0 Å². The minimum Gasteiger partial charge on any atom is -0.353 e. The van der Waals surface area contributed by atoms with Crippen LogP contribution in [0.25, 0.3) is 10.9 Å². The first-order chi connectivity index (χ1) is 12.1. The number of nitrogens with one attached hydrogen (secondary N) is 1. The summed E-state index contributed by atoms with van der Waals surface area (Å²) in [6, 6.07) is 7.53. The fraction of sp³-hybridized carbons (Fsp3) is 0.550. The van der Waals surface area contributed by atoms with E-state index in [1.807, 2.05) is 18.2 Å². The van der Waals surface area contributed by atoms with Gasteiger partial charge in [-0.05, 0) is 56.1 Å². The Balaban J connectivity index is 1.36. The van der Waals surface area contributed by atoms with Crippen molar-refractivity contribution in [1.29, 1.82) is 0 Å². The predicted octanol–water partition coefficient (Wildman–Crippen LogP) is 2.73. The Morgan fingerprint density at radius 1 is 1.32 bits per heavy atom. The molecule has 4 atom stereocenters. The third-order valence-electron chi connectivity index (χ3n) is 6.13. The largest absolute Gasteiger partial charge is 0.353 e. The zero-order valence-corrected chi connectivity index (χ0v) is 14.6. The molecule has 1 aromatic carbocycles. The molecule has 1 amide bonds. The van der Waals surface area contributed by atoms with E-state index in [1.54, 1.807) is 6.07 Å². The van der Waals surface area contributed by atoms with Crippen molar-refractivity contribution in [2.24, 2.45) is 17.8 Å². The van der Waals surface area contributed by atoms with Gasteiger partial charge >= 0.3 is 0 Å². The average Bonchev–Trinajstić information content (AvgIpc) is 3.25. The van der Waals surface area contributed by atoms with Crippen LogP contribution in [0, 0.1) is 17.8 Å². The normalized spacial score (nSPS) is 26.0. The zero-order valence-electron chi connectivity index (χ0n) is 14.6. The van der Waals surface area contributed by atoms with Gasteiger partial charge in [0.1, 0.15) is 0 Å². The lowest BCUT2D eigenvalue weighted by Crippen LogP contribution is -2.40. The van der Waals surface area contributed by atoms with Crippen LogP contribution < -0.4 is 10.9 Å². The first-order valence-corrected chi connectivity index (χ1v) is 9.35. The number of fused-ring (bicyclic) bond motifs is 3. The summed E-state index contributed by atoms with van der Waals surface area (Å²) < 4.78 is 1.53. The molecule has 2 fully saturated rings. The Hall–Kier alpha value is -2.17. The predicted molar refractivity (Wildman–Crippen MR) is 97.2 cm³/mol. The maximum Gasteiger partial charge on any atom is 0.261 e. The first-order valence-electron chi connectivity index (χ1n) is 9.35. The van der Waals surface area contributed by atoms with Gasteiger partial charge in [0, 0.05) is 19.0 Å². The van der Waals surface area contributed by atoms with Gasteiger partial charge in [-0.1, -0.05) is 18.6 Å². The molecule has 2 bridgehead atoms. The number of carbonyl (C=O) groups is 1. The van der Waals surface area contributed by atoms with Crippen molar-refractivity contribution in [2.75, 3.05) is 0 Å². The molecule has 2 aliphatic carbocycles. The van der Waals surface area contributed by atoms with Crippen molar-refractivity contribution in [1.82, 2.24) is 14.9 Å². The van der Waals surface area contributed by atoms with Crippen LogP contribution in [0.15, 0.2) is 35.4 Å². The van der Waals surface area contributed by atoms with Crippen molar-refractivity contribution in [3.05, 3.63) is 40.9 Å². The van der Waals surface area contributed by atoms with Crippen molar-refractivity contribution in [3.8, 4) is 0 Å². The summed E-state index contributed by atoms with van der Waals surface area (Å²) in [5, 5.41) is 3.76. The Morgan fingerprint density at radius 2 is 2.16 bits per heavy atom. The van der Waals surface area contributed by atoms with Crippen LogP contribution in [0.2, 0.25) is 0 Å². The molecular formula is C20H25N3O2. The van der Waals surface area contributed by atoms with Crippen LogP contribution in [0.1, 0.15) is 39.0 Å². The van der Waals surface area contributed by atoms with Gasteiger partial charge in [0.25, 0.3) is 5.56 Å². The minimum atomic E-state index is -0.0837.